The standard InChI is InChI=1S/C53H68O10.C23H32O4.C21H28O4/c1-12-35(2)36-13-19-48(20-14-36)62-21-22-63-51-41(33-60-10)27-47(28-42(51)34-61-11)53(5,46-25-39(31-58-8)50(55)40(26-46)32-59-9)44-17-15-43(16-18-44)52(3,4)45-23-37(29-56-6)49(54)38(24-45)30-57-7;1-6-18(3)19-7-9-22(10-8-19)26-11-12-27-23-20(15-24-4)13-17(2)14-21(23)16-25-5;1-4-16(3)17-5-7-20(8-6-17)24-9-10-25-21-18(13-22)11-15(2)12-19(21)14-23/h13-20,23-28,35,54-55H,12,21-22,29-34H2,1-11H3;7-10,13-14,18H,6,11-12,15-16H2,1-5H3;5-8,11-12,16,22-23H,4,9-10,13-14H2,1-3H3. The topological polar surface area (TPSA) is 210 Å². The molecule has 0 saturated carbocycles. The molecule has 115 heavy (non-hydrogen) atoms. The van der Waals surface area contributed by atoms with Gasteiger partial charge in [-0.25, -0.2) is 0 Å². The minimum atomic E-state index is -0.786. The molecule has 9 aromatic rings. The molecule has 0 aliphatic carbocycles. The highest BCUT2D eigenvalue weighted by Gasteiger charge is 2.36. The number of ether oxygens (including phenoxy) is 14. The summed E-state index contributed by atoms with van der Waals surface area (Å²) in [5.41, 5.74) is 17.7. The van der Waals surface area contributed by atoms with Crippen LogP contribution in [0.2, 0.25) is 0 Å². The smallest absolute Gasteiger partial charge is 0.130 e. The molecule has 9 rings (SSSR count). The molecule has 18 nitrogen and oxygen atoms in total. The summed E-state index contributed by atoms with van der Waals surface area (Å²) in [4.78, 5) is 0. The first-order valence-electron chi connectivity index (χ1n) is 39.9. The van der Waals surface area contributed by atoms with Crippen molar-refractivity contribution in [2.75, 3.05) is 96.5 Å². The van der Waals surface area contributed by atoms with E-state index in [1.807, 2.05) is 79.7 Å². The van der Waals surface area contributed by atoms with Gasteiger partial charge in [0.05, 0.1) is 66.1 Å². The number of aryl methyl sites for hydroxylation is 2. The average Bonchev–Trinajstić information content (AvgIpc) is 0.739. The molecule has 0 spiro atoms. The molecule has 0 aliphatic rings. The number of phenols is 2. The van der Waals surface area contributed by atoms with Crippen LogP contribution in [0.15, 0.2) is 158 Å². The van der Waals surface area contributed by atoms with Crippen LogP contribution in [-0.4, -0.2) is 117 Å². The van der Waals surface area contributed by atoms with Crippen LogP contribution in [0.4, 0.5) is 0 Å². The maximum absolute atomic E-state index is 11.4. The van der Waals surface area contributed by atoms with E-state index in [0.29, 0.717) is 129 Å². The molecular weight excluding hydrogens is 1450 g/mol. The molecule has 0 fully saturated rings. The summed E-state index contributed by atoms with van der Waals surface area (Å²) in [6.07, 6.45) is 3.33. The summed E-state index contributed by atoms with van der Waals surface area (Å²) in [5, 5.41) is 41.4. The van der Waals surface area contributed by atoms with Crippen molar-refractivity contribution < 1.29 is 86.7 Å². The first-order valence-corrected chi connectivity index (χ1v) is 39.9. The zero-order valence-electron chi connectivity index (χ0n) is 71.7. The van der Waals surface area contributed by atoms with Crippen LogP contribution in [0.25, 0.3) is 0 Å². The monoisotopic (exact) mass is 1580 g/mol. The Morgan fingerprint density at radius 1 is 0.287 bits per heavy atom. The van der Waals surface area contributed by atoms with Crippen molar-refractivity contribution in [1.82, 2.24) is 0 Å². The Labute approximate surface area is 684 Å². The second-order valence-electron chi connectivity index (χ2n) is 30.1. The molecule has 624 valence electrons. The maximum atomic E-state index is 11.4. The summed E-state index contributed by atoms with van der Waals surface area (Å²) in [6.45, 7) is 28.5. The van der Waals surface area contributed by atoms with Gasteiger partial charge >= 0.3 is 0 Å². The number of benzene rings is 9. The van der Waals surface area contributed by atoms with Gasteiger partial charge in [-0.3, -0.25) is 0 Å². The second-order valence-corrected chi connectivity index (χ2v) is 30.1. The van der Waals surface area contributed by atoms with Gasteiger partial charge < -0.3 is 86.7 Å². The lowest BCUT2D eigenvalue weighted by atomic mass is 9.68. The number of methoxy groups -OCH3 is 8. The van der Waals surface area contributed by atoms with Crippen molar-refractivity contribution in [2.24, 2.45) is 0 Å². The van der Waals surface area contributed by atoms with Crippen LogP contribution in [0.1, 0.15) is 211 Å². The normalized spacial score (nSPS) is 12.7. The van der Waals surface area contributed by atoms with E-state index < -0.39 is 10.8 Å². The fourth-order valence-electron chi connectivity index (χ4n) is 14.2. The minimum absolute atomic E-state index is 0.123. The van der Waals surface area contributed by atoms with Crippen LogP contribution < -0.4 is 28.4 Å². The number of hydrogen-bond donors (Lipinski definition) is 4. The molecule has 0 amide bonds. The van der Waals surface area contributed by atoms with Gasteiger partial charge in [0.15, 0.2) is 0 Å². The van der Waals surface area contributed by atoms with Gasteiger partial charge in [0.2, 0.25) is 0 Å². The Kier molecular flexibility index (Phi) is 38.3. The highest BCUT2D eigenvalue weighted by atomic mass is 16.5. The first-order chi connectivity index (χ1) is 55.5. The van der Waals surface area contributed by atoms with Crippen molar-refractivity contribution in [1.29, 1.82) is 0 Å². The molecule has 4 N–H and O–H groups in total. The van der Waals surface area contributed by atoms with E-state index in [4.69, 9.17) is 66.3 Å². The predicted molar refractivity (Wildman–Crippen MR) is 455 cm³/mol. The van der Waals surface area contributed by atoms with Gasteiger partial charge in [0.25, 0.3) is 0 Å². The molecule has 0 aromatic heterocycles. The summed E-state index contributed by atoms with van der Waals surface area (Å²) >= 11 is 0. The van der Waals surface area contributed by atoms with Crippen LogP contribution in [0.5, 0.6) is 46.0 Å². The van der Waals surface area contributed by atoms with Gasteiger partial charge in [-0.2, -0.15) is 0 Å². The van der Waals surface area contributed by atoms with E-state index in [1.165, 1.54) is 22.3 Å². The Morgan fingerprint density at radius 2 is 0.522 bits per heavy atom. The number of aliphatic hydroxyl groups is 2. The van der Waals surface area contributed by atoms with Gasteiger partial charge in [-0.15, -0.1) is 0 Å². The number of aliphatic hydroxyl groups excluding tert-OH is 2. The minimum Gasteiger partial charge on any atom is -0.507 e. The zero-order valence-corrected chi connectivity index (χ0v) is 71.7. The zero-order chi connectivity index (χ0) is 83.6. The highest BCUT2D eigenvalue weighted by Crippen LogP contribution is 2.46. The Balaban J connectivity index is 0.000000287. The Bertz CT molecular complexity index is 4250. The second kappa shape index (κ2) is 47.3. The van der Waals surface area contributed by atoms with Crippen molar-refractivity contribution in [3.05, 3.63) is 269 Å². The Morgan fingerprint density at radius 3 is 0.800 bits per heavy atom. The van der Waals surface area contributed by atoms with Gasteiger partial charge in [-0.05, 0) is 175 Å². The lowest BCUT2D eigenvalue weighted by molar-refractivity contribution is 0.163. The molecule has 9 aromatic carbocycles. The predicted octanol–water partition coefficient (Wildman–Crippen LogP) is 19.8. The van der Waals surface area contributed by atoms with E-state index in [9.17, 15) is 20.4 Å². The SMILES string of the molecule is CCC(C)c1ccc(OCCOc2c(CO)cc(C)cc2CO)cc1.CCC(C)c1ccc(OCCOc2c(COC)cc(C(C)(c3ccc(C(C)(C)c4cc(COC)c(O)c(COC)c4)cc3)c3cc(COC)c(O)c(COC)c3)cc2COC)cc1.CCC(C)c1ccc(OCCOc2c(COC)cc(C)cc2COC)cc1. The van der Waals surface area contributed by atoms with Crippen LogP contribution >= 0.6 is 0 Å². The van der Waals surface area contributed by atoms with Crippen LogP contribution in [-0.2, 0) is 115 Å². The highest BCUT2D eigenvalue weighted by molar-refractivity contribution is 5.59. The number of hydrogen-bond acceptors (Lipinski definition) is 18. The van der Waals surface area contributed by atoms with Crippen molar-refractivity contribution in [3.63, 3.8) is 0 Å². The molecule has 0 aliphatic heterocycles. The van der Waals surface area contributed by atoms with E-state index >= 15 is 0 Å². The maximum Gasteiger partial charge on any atom is 0.130 e. The largest absolute Gasteiger partial charge is 0.507 e. The summed E-state index contributed by atoms with van der Waals surface area (Å²) in [5.74, 6) is 6.49. The van der Waals surface area contributed by atoms with Crippen molar-refractivity contribution >= 4 is 0 Å². The molecule has 18 heteroatoms. The molecule has 0 bridgehead atoms. The van der Waals surface area contributed by atoms with E-state index in [1.54, 1.807) is 56.9 Å². The van der Waals surface area contributed by atoms with E-state index in [0.717, 1.165) is 97.9 Å². The summed E-state index contributed by atoms with van der Waals surface area (Å²) in [7, 11) is 13.2. The quantitative estimate of drug-likeness (QED) is 0.0207. The van der Waals surface area contributed by atoms with Gasteiger partial charge in [0, 0.05) is 123 Å². The molecule has 4 atom stereocenters. The molecular formula is C97H128O18. The lowest BCUT2D eigenvalue weighted by Crippen LogP contribution is -2.27. The third-order valence-electron chi connectivity index (χ3n) is 21.3. The summed E-state index contributed by atoms with van der Waals surface area (Å²) in [6, 6.07) is 53.7. The van der Waals surface area contributed by atoms with Crippen molar-refractivity contribution in [3.8, 4) is 46.0 Å². The molecule has 4 unspecified atom stereocenters. The van der Waals surface area contributed by atoms with Gasteiger partial charge in [0.1, 0.15) is 85.6 Å². The molecule has 0 saturated heterocycles. The summed E-state index contributed by atoms with van der Waals surface area (Å²) < 4.78 is 80.4. The van der Waals surface area contributed by atoms with Gasteiger partial charge in [-0.1, -0.05) is 151 Å². The van der Waals surface area contributed by atoms with Crippen LogP contribution in [0.3, 0.4) is 0 Å². The number of rotatable bonds is 44. The van der Waals surface area contributed by atoms with Crippen molar-refractivity contribution in [2.45, 2.75) is 190 Å². The molecule has 0 heterocycles. The third-order valence-corrected chi connectivity index (χ3v) is 21.3. The average molecular weight is 1580 g/mol. The Hall–Kier alpha value is -9.02. The van der Waals surface area contributed by atoms with Crippen LogP contribution in [0, 0.1) is 13.8 Å². The van der Waals surface area contributed by atoms with E-state index in [2.05, 4.69) is 154 Å². The first kappa shape index (κ1) is 93.1. The van der Waals surface area contributed by atoms with E-state index in [-0.39, 0.29) is 51.1 Å². The fraction of sp³-hybridized carbons (Fsp3) is 0.443. The number of phenolic OH excluding ortho intramolecular Hbond substituents is 2. The molecule has 0 radical (unpaired) electrons. The fourth-order valence-corrected chi connectivity index (χ4v) is 14.2. The lowest BCUT2D eigenvalue weighted by Gasteiger charge is -2.35. The number of aromatic hydroxyl groups is 2. The third kappa shape index (κ3) is 25.7.